The predicted octanol–water partition coefficient (Wildman–Crippen LogP) is 6.63. The predicted molar refractivity (Wildman–Crippen MR) is 168 cm³/mol. The van der Waals surface area contributed by atoms with Crippen LogP contribution in [0, 0.1) is 0 Å². The summed E-state index contributed by atoms with van der Waals surface area (Å²) in [6.45, 7) is 0.148. The number of allylic oxidation sites excluding steroid dienone is 1. The first kappa shape index (κ1) is 23.7. The fourth-order valence-electron chi connectivity index (χ4n) is 6.57. The Morgan fingerprint density at radius 2 is 1.68 bits per heavy atom. The van der Waals surface area contributed by atoms with E-state index in [0.29, 0.717) is 5.84 Å². The molecule has 0 bridgehead atoms. The lowest BCUT2D eigenvalue weighted by molar-refractivity contribution is 0.794. The summed E-state index contributed by atoms with van der Waals surface area (Å²) in [5, 5.41) is 3.78. The third-order valence-electron chi connectivity index (χ3n) is 8.41. The van der Waals surface area contributed by atoms with E-state index in [2.05, 4.69) is 112 Å². The highest BCUT2D eigenvalue weighted by Gasteiger charge is 2.39. The van der Waals surface area contributed by atoms with Crippen molar-refractivity contribution in [1.82, 2.24) is 9.55 Å². The molecule has 0 saturated carbocycles. The number of rotatable bonds is 4. The molecular formula is C35H28N6. The number of hydrogen-bond acceptors (Lipinski definition) is 4. The van der Waals surface area contributed by atoms with Crippen molar-refractivity contribution in [2.45, 2.75) is 12.3 Å². The molecule has 4 aromatic carbocycles. The highest BCUT2D eigenvalue weighted by molar-refractivity contribution is 5.98. The van der Waals surface area contributed by atoms with Crippen molar-refractivity contribution < 1.29 is 0 Å². The van der Waals surface area contributed by atoms with E-state index in [4.69, 9.17) is 16.5 Å². The van der Waals surface area contributed by atoms with Crippen LogP contribution >= 0.6 is 0 Å². The second kappa shape index (κ2) is 9.18. The molecule has 3 heterocycles. The van der Waals surface area contributed by atoms with Crippen LogP contribution in [0.2, 0.25) is 0 Å². The van der Waals surface area contributed by atoms with E-state index < -0.39 is 0 Å². The Morgan fingerprint density at radius 3 is 2.54 bits per heavy atom. The van der Waals surface area contributed by atoms with Crippen LogP contribution in [0.1, 0.15) is 28.3 Å². The first-order valence-corrected chi connectivity index (χ1v) is 13.9. The molecule has 1 aliphatic heterocycles. The standard InChI is InChI=1S/C35H28N6/c36-21-39-35(37)24-14-16-34(38-20-24)41-31-12-6-4-10-27(31)29-18-28-26-9-3-5-11-30(26)40(32(28)19-33(29)41)25-15-13-22-7-1-2-8-23(22)17-25/h1-17,19-20,29H,18,21,36H2,(H2,37,39). The van der Waals surface area contributed by atoms with Gasteiger partial charge in [-0.3, -0.25) is 9.89 Å². The Hall–Kier alpha value is -5.20. The number of nitrogens with two attached hydrogens (primary N) is 2. The number of amidine groups is 1. The van der Waals surface area contributed by atoms with Crippen molar-refractivity contribution in [1.29, 1.82) is 0 Å². The monoisotopic (exact) mass is 532 g/mol. The number of aromatic nitrogens is 2. The molecule has 2 aromatic heterocycles. The summed E-state index contributed by atoms with van der Waals surface area (Å²) in [4.78, 5) is 11.3. The van der Waals surface area contributed by atoms with Gasteiger partial charge in [0.2, 0.25) is 0 Å². The zero-order valence-corrected chi connectivity index (χ0v) is 22.4. The van der Waals surface area contributed by atoms with Crippen molar-refractivity contribution in [3.05, 3.63) is 137 Å². The lowest BCUT2D eigenvalue weighted by Crippen LogP contribution is -2.20. The topological polar surface area (TPSA) is 85.5 Å². The largest absolute Gasteiger partial charge is 0.383 e. The van der Waals surface area contributed by atoms with Gasteiger partial charge in [-0.1, -0.05) is 66.7 Å². The Morgan fingerprint density at radius 1 is 0.878 bits per heavy atom. The summed E-state index contributed by atoms with van der Waals surface area (Å²) in [5.74, 6) is 1.49. The van der Waals surface area contributed by atoms with Crippen molar-refractivity contribution >= 4 is 45.1 Å². The van der Waals surface area contributed by atoms with Crippen LogP contribution in [0.3, 0.4) is 0 Å². The molecular weight excluding hydrogens is 504 g/mol. The van der Waals surface area contributed by atoms with E-state index >= 15 is 0 Å². The molecule has 6 heteroatoms. The third kappa shape index (κ3) is 3.61. The van der Waals surface area contributed by atoms with Gasteiger partial charge < -0.3 is 16.0 Å². The minimum absolute atomic E-state index is 0.148. The molecule has 198 valence electrons. The van der Waals surface area contributed by atoms with Gasteiger partial charge >= 0.3 is 0 Å². The van der Waals surface area contributed by atoms with E-state index in [1.807, 2.05) is 12.1 Å². The van der Waals surface area contributed by atoms with Crippen LogP contribution in [0.4, 0.5) is 11.5 Å². The average Bonchev–Trinajstić information content (AvgIpc) is 3.52. The molecule has 1 unspecified atom stereocenters. The number of aliphatic imine (C=N–C) groups is 1. The van der Waals surface area contributed by atoms with Gasteiger partial charge in [-0.15, -0.1) is 0 Å². The number of anilines is 2. The maximum atomic E-state index is 6.09. The van der Waals surface area contributed by atoms with E-state index in [-0.39, 0.29) is 12.6 Å². The van der Waals surface area contributed by atoms with Gasteiger partial charge in [-0.05, 0) is 70.8 Å². The highest BCUT2D eigenvalue weighted by Crippen LogP contribution is 2.52. The highest BCUT2D eigenvalue weighted by atomic mass is 15.2. The zero-order chi connectivity index (χ0) is 27.5. The second-order valence-electron chi connectivity index (χ2n) is 10.6. The summed E-state index contributed by atoms with van der Waals surface area (Å²) in [5.41, 5.74) is 21.1. The smallest absolute Gasteiger partial charge is 0.137 e. The molecule has 1 atom stereocenters. The zero-order valence-electron chi connectivity index (χ0n) is 22.4. The van der Waals surface area contributed by atoms with Crippen LogP contribution in [0.25, 0.3) is 33.4 Å². The van der Waals surface area contributed by atoms with Gasteiger partial charge in [0.15, 0.2) is 0 Å². The summed E-state index contributed by atoms with van der Waals surface area (Å²) in [6.07, 6.45) is 5.07. The molecule has 0 saturated heterocycles. The summed E-state index contributed by atoms with van der Waals surface area (Å²) in [6, 6.07) is 36.7. The number of hydrogen-bond donors (Lipinski definition) is 2. The molecule has 6 nitrogen and oxygen atoms in total. The molecule has 8 rings (SSSR count). The summed E-state index contributed by atoms with van der Waals surface area (Å²) < 4.78 is 2.42. The minimum atomic E-state index is 0.148. The molecule has 1 aliphatic carbocycles. The van der Waals surface area contributed by atoms with Gasteiger partial charge in [-0.2, -0.15) is 0 Å². The van der Waals surface area contributed by atoms with E-state index in [0.717, 1.165) is 23.5 Å². The van der Waals surface area contributed by atoms with Crippen molar-refractivity contribution in [3.8, 4) is 5.69 Å². The first-order valence-electron chi connectivity index (χ1n) is 13.9. The van der Waals surface area contributed by atoms with Crippen LogP contribution < -0.4 is 16.4 Å². The normalized spacial score (nSPS) is 16.0. The lowest BCUT2D eigenvalue weighted by atomic mass is 9.86. The molecule has 2 aliphatic rings. The minimum Gasteiger partial charge on any atom is -0.383 e. The molecule has 0 amide bonds. The van der Waals surface area contributed by atoms with Crippen LogP contribution in [-0.2, 0) is 6.42 Å². The second-order valence-corrected chi connectivity index (χ2v) is 10.6. The van der Waals surface area contributed by atoms with Crippen LogP contribution in [0.5, 0.6) is 0 Å². The van der Waals surface area contributed by atoms with Crippen LogP contribution in [-0.4, -0.2) is 22.1 Å². The molecule has 4 N–H and O–H groups in total. The first-order chi connectivity index (χ1) is 20.2. The van der Waals surface area contributed by atoms with E-state index in [1.54, 1.807) is 6.20 Å². The Kier molecular flexibility index (Phi) is 5.30. The van der Waals surface area contributed by atoms with E-state index in [9.17, 15) is 0 Å². The maximum Gasteiger partial charge on any atom is 0.137 e. The number of pyridine rings is 1. The van der Waals surface area contributed by atoms with E-state index in [1.165, 1.54) is 49.9 Å². The average molecular weight is 533 g/mol. The van der Waals surface area contributed by atoms with Gasteiger partial charge in [0.05, 0.1) is 23.6 Å². The number of para-hydroxylation sites is 2. The SMILES string of the molecule is NC/N=C(\N)c1ccc(N2C3=Cc4c(c5ccccc5n4-c4ccc5ccccc5c4)CC3c3ccccc32)nc1. The molecule has 41 heavy (non-hydrogen) atoms. The Labute approximate surface area is 237 Å². The maximum absolute atomic E-state index is 6.09. The number of benzene rings is 4. The fourth-order valence-corrected chi connectivity index (χ4v) is 6.57. The summed E-state index contributed by atoms with van der Waals surface area (Å²) in [7, 11) is 0. The fraction of sp³-hybridized carbons (Fsp3) is 0.0857. The summed E-state index contributed by atoms with van der Waals surface area (Å²) >= 11 is 0. The molecule has 0 fully saturated rings. The van der Waals surface area contributed by atoms with Crippen molar-refractivity contribution in [3.63, 3.8) is 0 Å². The van der Waals surface area contributed by atoms with Gasteiger partial charge in [0.1, 0.15) is 11.7 Å². The quantitative estimate of drug-likeness (QED) is 0.197. The lowest BCUT2D eigenvalue weighted by Gasteiger charge is -2.26. The van der Waals surface area contributed by atoms with Crippen molar-refractivity contribution in [2.24, 2.45) is 16.5 Å². The molecule has 6 aromatic rings. The van der Waals surface area contributed by atoms with Gasteiger partial charge in [-0.25, -0.2) is 4.98 Å². The number of fused-ring (bicyclic) bond motifs is 7. The Balaban J connectivity index is 1.34. The number of nitrogens with zero attached hydrogens (tertiary/aromatic N) is 4. The van der Waals surface area contributed by atoms with Gasteiger partial charge in [0, 0.05) is 34.4 Å². The van der Waals surface area contributed by atoms with Crippen molar-refractivity contribution in [2.75, 3.05) is 11.6 Å². The molecule has 0 spiro atoms. The van der Waals surface area contributed by atoms with Gasteiger partial charge in [0.25, 0.3) is 0 Å². The van der Waals surface area contributed by atoms with Crippen LogP contribution in [0.15, 0.2) is 120 Å². The third-order valence-corrected chi connectivity index (χ3v) is 8.41. The Bertz CT molecular complexity index is 2030. The molecule has 0 radical (unpaired) electrons.